The molecule has 3 N–H and O–H groups in total. The lowest BCUT2D eigenvalue weighted by atomic mass is 10.2. The Kier molecular flexibility index (Phi) is 4.62. The quantitative estimate of drug-likeness (QED) is 0.636. The molecule has 106 valence electrons. The minimum atomic E-state index is -0.287. The number of carbonyl (C=O) groups is 1. The topological polar surface area (TPSA) is 85.8 Å². The number of benzene rings is 1. The van der Waals surface area contributed by atoms with Crippen LogP contribution >= 0.6 is 11.8 Å². The van der Waals surface area contributed by atoms with Gasteiger partial charge in [0.2, 0.25) is 11.1 Å². The predicted octanol–water partition coefficient (Wildman–Crippen LogP) is 1.10. The first-order valence-corrected chi connectivity index (χ1v) is 7.11. The zero-order valence-electron chi connectivity index (χ0n) is 11.4. The highest BCUT2D eigenvalue weighted by Gasteiger charge is 2.18. The maximum Gasteiger partial charge on any atom is 0.233 e. The molecule has 1 heterocycles. The van der Waals surface area contributed by atoms with Crippen molar-refractivity contribution in [3.63, 3.8) is 0 Å². The molecule has 0 fully saturated rings. The summed E-state index contributed by atoms with van der Waals surface area (Å²) in [6, 6.07) is 9.77. The smallest absolute Gasteiger partial charge is 0.233 e. The maximum atomic E-state index is 12.0. The lowest BCUT2D eigenvalue weighted by molar-refractivity contribution is -0.120. The third kappa shape index (κ3) is 3.51. The van der Waals surface area contributed by atoms with Gasteiger partial charge in [-0.3, -0.25) is 4.79 Å². The van der Waals surface area contributed by atoms with Gasteiger partial charge in [0.1, 0.15) is 5.82 Å². The van der Waals surface area contributed by atoms with Crippen molar-refractivity contribution in [2.45, 2.75) is 30.8 Å². The minimum absolute atomic E-state index is 0.0560. The number of amides is 1. The summed E-state index contributed by atoms with van der Waals surface area (Å²) in [4.78, 5) is 12.0. The van der Waals surface area contributed by atoms with Crippen molar-refractivity contribution in [1.82, 2.24) is 20.2 Å². The molecule has 1 aromatic heterocycles. The summed E-state index contributed by atoms with van der Waals surface area (Å²) in [5.41, 5.74) is 1.07. The molecule has 6 nitrogen and oxygen atoms in total. The molecule has 1 atom stereocenters. The van der Waals surface area contributed by atoms with E-state index in [0.717, 1.165) is 5.56 Å². The molecule has 7 heteroatoms. The highest BCUT2D eigenvalue weighted by Crippen LogP contribution is 2.20. The summed E-state index contributed by atoms with van der Waals surface area (Å²) >= 11 is 1.29. The highest BCUT2D eigenvalue weighted by atomic mass is 32.2. The fraction of sp³-hybridized carbons (Fsp3) is 0.308. The molecular formula is C13H17N5OS. The van der Waals surface area contributed by atoms with Crippen LogP contribution in [0.1, 0.15) is 18.3 Å². The molecular weight excluding hydrogens is 274 g/mol. The van der Waals surface area contributed by atoms with E-state index in [1.54, 1.807) is 6.92 Å². The van der Waals surface area contributed by atoms with Gasteiger partial charge in [0.25, 0.3) is 0 Å². The van der Waals surface area contributed by atoms with Crippen molar-refractivity contribution < 1.29 is 4.79 Å². The van der Waals surface area contributed by atoms with Gasteiger partial charge >= 0.3 is 0 Å². The molecule has 0 radical (unpaired) electrons. The van der Waals surface area contributed by atoms with Gasteiger partial charge < -0.3 is 11.2 Å². The number of aryl methyl sites for hydroxylation is 1. The molecule has 2 aromatic rings. The molecule has 0 spiro atoms. The van der Waals surface area contributed by atoms with E-state index in [1.165, 1.54) is 16.4 Å². The fourth-order valence-electron chi connectivity index (χ4n) is 1.57. The number of hydrogen-bond acceptors (Lipinski definition) is 5. The predicted molar refractivity (Wildman–Crippen MR) is 78.5 cm³/mol. The number of rotatable bonds is 5. The standard InChI is InChI=1S/C13H17N5OS/c1-9(20-13-17-16-10(2)18(13)14)12(19)15-8-11-6-4-3-5-7-11/h3-7,9H,8,14H2,1-2H3,(H,15,19)/t9-/m1/s1. The second kappa shape index (κ2) is 6.42. The summed E-state index contributed by atoms with van der Waals surface area (Å²) in [6.07, 6.45) is 0. The van der Waals surface area contributed by atoms with Crippen molar-refractivity contribution in [2.75, 3.05) is 5.84 Å². The Morgan fingerprint density at radius 1 is 1.40 bits per heavy atom. The van der Waals surface area contributed by atoms with Gasteiger partial charge in [-0.25, -0.2) is 4.68 Å². The summed E-state index contributed by atoms with van der Waals surface area (Å²) in [6.45, 7) is 4.09. The Balaban J connectivity index is 1.88. The number of aromatic nitrogens is 3. The zero-order chi connectivity index (χ0) is 14.5. The Morgan fingerprint density at radius 3 is 2.70 bits per heavy atom. The van der Waals surface area contributed by atoms with Crippen LogP contribution in [0.5, 0.6) is 0 Å². The van der Waals surface area contributed by atoms with Crippen molar-refractivity contribution >= 4 is 17.7 Å². The fourth-order valence-corrected chi connectivity index (χ4v) is 2.41. The van der Waals surface area contributed by atoms with E-state index in [-0.39, 0.29) is 11.2 Å². The first kappa shape index (κ1) is 14.4. The molecule has 1 aromatic carbocycles. The maximum absolute atomic E-state index is 12.0. The number of nitrogens with two attached hydrogens (primary N) is 1. The summed E-state index contributed by atoms with van der Waals surface area (Å²) in [7, 11) is 0. The third-order valence-corrected chi connectivity index (χ3v) is 3.85. The van der Waals surface area contributed by atoms with Crippen LogP contribution in [0.3, 0.4) is 0 Å². The van der Waals surface area contributed by atoms with E-state index in [2.05, 4.69) is 15.5 Å². The van der Waals surface area contributed by atoms with Gasteiger partial charge in [-0.2, -0.15) is 0 Å². The third-order valence-electron chi connectivity index (χ3n) is 2.80. The van der Waals surface area contributed by atoms with Crippen LogP contribution in [-0.4, -0.2) is 26.0 Å². The summed E-state index contributed by atoms with van der Waals surface area (Å²) < 4.78 is 1.38. The molecule has 0 saturated heterocycles. The van der Waals surface area contributed by atoms with Gasteiger partial charge in [-0.05, 0) is 19.4 Å². The van der Waals surface area contributed by atoms with Crippen LogP contribution in [0.2, 0.25) is 0 Å². The molecule has 0 unspecified atom stereocenters. The normalized spacial score (nSPS) is 12.1. The van der Waals surface area contributed by atoms with Gasteiger partial charge in [-0.15, -0.1) is 10.2 Å². The van der Waals surface area contributed by atoms with E-state index in [1.807, 2.05) is 37.3 Å². The summed E-state index contributed by atoms with van der Waals surface area (Å²) in [5, 5.41) is 10.9. The average Bonchev–Trinajstić information content (AvgIpc) is 2.78. The van der Waals surface area contributed by atoms with Crippen LogP contribution in [0.15, 0.2) is 35.5 Å². The van der Waals surface area contributed by atoms with Crippen LogP contribution in [0.4, 0.5) is 0 Å². The lowest BCUT2D eigenvalue weighted by Crippen LogP contribution is -2.30. The molecule has 1 amide bonds. The second-order valence-electron chi connectivity index (χ2n) is 4.36. The Hall–Kier alpha value is -2.02. The monoisotopic (exact) mass is 291 g/mol. The van der Waals surface area contributed by atoms with Crippen molar-refractivity contribution in [1.29, 1.82) is 0 Å². The lowest BCUT2D eigenvalue weighted by Gasteiger charge is -2.11. The number of nitrogens with one attached hydrogen (secondary N) is 1. The Morgan fingerprint density at radius 2 is 2.10 bits per heavy atom. The Bertz CT molecular complexity index is 584. The van der Waals surface area contributed by atoms with Crippen molar-refractivity contribution in [3.05, 3.63) is 41.7 Å². The molecule has 0 bridgehead atoms. The summed E-state index contributed by atoms with van der Waals surface area (Å²) in [5.74, 6) is 6.31. The largest absolute Gasteiger partial charge is 0.351 e. The number of thioether (sulfide) groups is 1. The average molecular weight is 291 g/mol. The van der Waals surface area contributed by atoms with E-state index >= 15 is 0 Å². The number of nitrogen functional groups attached to an aromatic ring is 1. The second-order valence-corrected chi connectivity index (χ2v) is 5.67. The SMILES string of the molecule is Cc1nnc(S[C@H](C)C(=O)NCc2ccccc2)n1N. The molecule has 0 aliphatic heterocycles. The molecule has 0 aliphatic carbocycles. The van der Waals surface area contributed by atoms with Crippen molar-refractivity contribution in [3.8, 4) is 0 Å². The van der Waals surface area contributed by atoms with Crippen LogP contribution in [0, 0.1) is 6.92 Å². The molecule has 2 rings (SSSR count). The van der Waals surface area contributed by atoms with E-state index in [0.29, 0.717) is 17.5 Å². The van der Waals surface area contributed by atoms with E-state index in [9.17, 15) is 4.79 Å². The van der Waals surface area contributed by atoms with Crippen LogP contribution < -0.4 is 11.2 Å². The number of hydrogen-bond donors (Lipinski definition) is 2. The van der Waals surface area contributed by atoms with Gasteiger partial charge in [-0.1, -0.05) is 42.1 Å². The number of nitrogens with zero attached hydrogens (tertiary/aromatic N) is 3. The van der Waals surface area contributed by atoms with E-state index in [4.69, 9.17) is 5.84 Å². The zero-order valence-corrected chi connectivity index (χ0v) is 12.2. The first-order chi connectivity index (χ1) is 9.58. The van der Waals surface area contributed by atoms with Crippen LogP contribution in [-0.2, 0) is 11.3 Å². The molecule has 20 heavy (non-hydrogen) atoms. The molecule has 0 aliphatic rings. The highest BCUT2D eigenvalue weighted by molar-refractivity contribution is 8.00. The van der Waals surface area contributed by atoms with Gasteiger partial charge in [0.05, 0.1) is 5.25 Å². The number of carbonyl (C=O) groups excluding carboxylic acids is 1. The minimum Gasteiger partial charge on any atom is -0.351 e. The van der Waals surface area contributed by atoms with Crippen molar-refractivity contribution in [2.24, 2.45) is 0 Å². The molecule has 0 saturated carbocycles. The van der Waals surface area contributed by atoms with E-state index < -0.39 is 0 Å². The Labute approximate surface area is 121 Å². The van der Waals surface area contributed by atoms with Crippen LogP contribution in [0.25, 0.3) is 0 Å². The first-order valence-electron chi connectivity index (χ1n) is 6.23. The van der Waals surface area contributed by atoms with Gasteiger partial charge in [0, 0.05) is 6.54 Å². The van der Waals surface area contributed by atoms with Gasteiger partial charge in [0.15, 0.2) is 0 Å².